The maximum Gasteiger partial charge on any atom is 0.416 e. The van der Waals surface area contributed by atoms with Gasteiger partial charge in [0.15, 0.2) is 0 Å². The minimum absolute atomic E-state index is 0.00613. The molecule has 0 radical (unpaired) electrons. The number of alkyl halides is 3. The zero-order valence-electron chi connectivity index (χ0n) is 12.0. The van der Waals surface area contributed by atoms with Gasteiger partial charge in [-0.25, -0.2) is 0 Å². The van der Waals surface area contributed by atoms with E-state index < -0.39 is 11.7 Å². The van der Waals surface area contributed by atoms with Crippen LogP contribution >= 0.6 is 0 Å². The van der Waals surface area contributed by atoms with Gasteiger partial charge in [0.1, 0.15) is 0 Å². The fourth-order valence-corrected chi connectivity index (χ4v) is 2.25. The summed E-state index contributed by atoms with van der Waals surface area (Å²) in [5, 5.41) is 3.23. The van der Waals surface area contributed by atoms with Crippen LogP contribution in [-0.2, 0) is 6.18 Å². The summed E-state index contributed by atoms with van der Waals surface area (Å²) < 4.78 is 38.4. The third-order valence-corrected chi connectivity index (χ3v) is 3.50. The van der Waals surface area contributed by atoms with E-state index in [1.165, 1.54) is 12.1 Å². The Hall–Kier alpha value is -1.97. The molecule has 0 aliphatic carbocycles. The molecule has 0 amide bonds. The van der Waals surface area contributed by atoms with Gasteiger partial charge in [-0.2, -0.15) is 13.2 Å². The zero-order chi connectivity index (χ0) is 15.5. The first-order valence-corrected chi connectivity index (χ1v) is 6.91. The van der Waals surface area contributed by atoms with Crippen LogP contribution in [0.3, 0.4) is 0 Å². The molecule has 1 N–H and O–H groups in total. The highest BCUT2D eigenvalue weighted by Crippen LogP contribution is 2.33. The molecule has 0 aliphatic rings. The Morgan fingerprint density at radius 3 is 2.29 bits per heavy atom. The maximum absolute atomic E-state index is 12.8. The van der Waals surface area contributed by atoms with E-state index in [1.807, 2.05) is 37.3 Å². The van der Waals surface area contributed by atoms with Crippen LogP contribution in [0, 0.1) is 6.92 Å². The molecule has 4 heteroatoms. The van der Waals surface area contributed by atoms with Crippen LogP contribution in [0.25, 0.3) is 0 Å². The Balaban J connectivity index is 2.29. The highest BCUT2D eigenvalue weighted by Gasteiger charge is 2.30. The molecule has 21 heavy (non-hydrogen) atoms. The largest absolute Gasteiger partial charge is 0.416 e. The molecule has 1 atom stereocenters. The summed E-state index contributed by atoms with van der Waals surface area (Å²) in [7, 11) is 0. The SMILES string of the molecule is CCC(Nc1cc(C(F)(F)F)ccc1C)c1ccccc1. The van der Waals surface area contributed by atoms with Crippen molar-refractivity contribution in [3.8, 4) is 0 Å². The van der Waals surface area contributed by atoms with Crippen LogP contribution in [0.15, 0.2) is 48.5 Å². The number of rotatable bonds is 4. The smallest absolute Gasteiger partial charge is 0.378 e. The normalized spacial score (nSPS) is 13.0. The van der Waals surface area contributed by atoms with E-state index in [1.54, 1.807) is 6.92 Å². The van der Waals surface area contributed by atoms with Crippen molar-refractivity contribution < 1.29 is 13.2 Å². The summed E-state index contributed by atoms with van der Waals surface area (Å²) in [5.74, 6) is 0. The third kappa shape index (κ3) is 3.78. The second kappa shape index (κ2) is 6.20. The molecule has 0 aromatic heterocycles. The zero-order valence-corrected chi connectivity index (χ0v) is 12.0. The summed E-state index contributed by atoms with van der Waals surface area (Å²) in [6.07, 6.45) is -3.53. The van der Waals surface area contributed by atoms with Crippen molar-refractivity contribution in [3.63, 3.8) is 0 Å². The van der Waals surface area contributed by atoms with Gasteiger partial charge in [-0.3, -0.25) is 0 Å². The number of benzene rings is 2. The van der Waals surface area contributed by atoms with Crippen molar-refractivity contribution in [1.82, 2.24) is 0 Å². The number of aryl methyl sites for hydroxylation is 1. The van der Waals surface area contributed by atoms with Gasteiger partial charge < -0.3 is 5.32 Å². The molecule has 0 spiro atoms. The number of hydrogen-bond donors (Lipinski definition) is 1. The van der Waals surface area contributed by atoms with Crippen LogP contribution in [0.2, 0.25) is 0 Å². The number of nitrogens with one attached hydrogen (secondary N) is 1. The van der Waals surface area contributed by atoms with E-state index in [9.17, 15) is 13.2 Å². The van der Waals surface area contributed by atoms with E-state index in [-0.39, 0.29) is 6.04 Å². The summed E-state index contributed by atoms with van der Waals surface area (Å²) in [6, 6.07) is 13.5. The van der Waals surface area contributed by atoms with Crippen molar-refractivity contribution in [2.24, 2.45) is 0 Å². The second-order valence-electron chi connectivity index (χ2n) is 5.04. The molecular weight excluding hydrogens is 275 g/mol. The third-order valence-electron chi connectivity index (χ3n) is 3.50. The molecule has 112 valence electrons. The lowest BCUT2D eigenvalue weighted by Crippen LogP contribution is -2.12. The lowest BCUT2D eigenvalue weighted by atomic mass is 10.0. The van der Waals surface area contributed by atoms with E-state index in [4.69, 9.17) is 0 Å². The molecule has 0 bridgehead atoms. The van der Waals surface area contributed by atoms with Gasteiger partial charge in [0.2, 0.25) is 0 Å². The summed E-state index contributed by atoms with van der Waals surface area (Å²) >= 11 is 0. The van der Waals surface area contributed by atoms with Crippen molar-refractivity contribution in [2.75, 3.05) is 5.32 Å². The topological polar surface area (TPSA) is 12.0 Å². The average Bonchev–Trinajstić information content (AvgIpc) is 2.46. The van der Waals surface area contributed by atoms with E-state index >= 15 is 0 Å². The molecule has 0 saturated heterocycles. The van der Waals surface area contributed by atoms with E-state index in [0.29, 0.717) is 5.69 Å². The Bertz CT molecular complexity index is 591. The monoisotopic (exact) mass is 293 g/mol. The van der Waals surface area contributed by atoms with Gasteiger partial charge >= 0.3 is 6.18 Å². The minimum Gasteiger partial charge on any atom is -0.378 e. The molecule has 1 nitrogen and oxygen atoms in total. The van der Waals surface area contributed by atoms with Gasteiger partial charge in [0, 0.05) is 5.69 Å². The first-order chi connectivity index (χ1) is 9.91. The standard InChI is InChI=1S/C17H18F3N/c1-3-15(13-7-5-4-6-8-13)21-16-11-14(17(18,19)20)10-9-12(16)2/h4-11,15,21H,3H2,1-2H3. The van der Waals surface area contributed by atoms with Crippen LogP contribution in [0.1, 0.15) is 36.1 Å². The number of halogens is 3. The molecule has 2 aromatic carbocycles. The van der Waals surface area contributed by atoms with E-state index in [0.717, 1.165) is 23.6 Å². The molecule has 0 fully saturated rings. The number of hydrogen-bond acceptors (Lipinski definition) is 1. The molecular formula is C17H18F3N. The fourth-order valence-electron chi connectivity index (χ4n) is 2.25. The quantitative estimate of drug-likeness (QED) is 0.776. The fraction of sp³-hybridized carbons (Fsp3) is 0.294. The molecule has 0 heterocycles. The predicted octanol–water partition coefficient (Wildman–Crippen LogP) is 5.58. The molecule has 2 rings (SSSR count). The number of anilines is 1. The van der Waals surface area contributed by atoms with Crippen LogP contribution in [-0.4, -0.2) is 0 Å². The molecule has 0 aliphatic heterocycles. The van der Waals surface area contributed by atoms with Gasteiger partial charge in [-0.05, 0) is 36.6 Å². The van der Waals surface area contributed by atoms with Crippen molar-refractivity contribution in [2.45, 2.75) is 32.5 Å². The van der Waals surface area contributed by atoms with Crippen LogP contribution < -0.4 is 5.32 Å². The van der Waals surface area contributed by atoms with Crippen molar-refractivity contribution in [1.29, 1.82) is 0 Å². The first-order valence-electron chi connectivity index (χ1n) is 6.91. The molecule has 1 unspecified atom stereocenters. The Labute approximate surface area is 122 Å². The Morgan fingerprint density at radius 1 is 1.05 bits per heavy atom. The van der Waals surface area contributed by atoms with Crippen molar-refractivity contribution in [3.05, 3.63) is 65.2 Å². The Morgan fingerprint density at radius 2 is 1.71 bits per heavy atom. The van der Waals surface area contributed by atoms with Crippen LogP contribution in [0.4, 0.5) is 18.9 Å². The predicted molar refractivity (Wildman–Crippen MR) is 79.3 cm³/mol. The Kier molecular flexibility index (Phi) is 4.56. The van der Waals surface area contributed by atoms with Gasteiger partial charge in [-0.1, -0.05) is 43.3 Å². The second-order valence-corrected chi connectivity index (χ2v) is 5.04. The average molecular weight is 293 g/mol. The highest BCUT2D eigenvalue weighted by molar-refractivity contribution is 5.54. The lowest BCUT2D eigenvalue weighted by molar-refractivity contribution is -0.137. The summed E-state index contributed by atoms with van der Waals surface area (Å²) in [4.78, 5) is 0. The summed E-state index contributed by atoms with van der Waals surface area (Å²) in [5.41, 5.74) is 1.77. The van der Waals surface area contributed by atoms with Gasteiger partial charge in [-0.15, -0.1) is 0 Å². The lowest BCUT2D eigenvalue weighted by Gasteiger charge is -2.21. The van der Waals surface area contributed by atoms with Crippen LogP contribution in [0.5, 0.6) is 0 Å². The minimum atomic E-state index is -4.32. The molecule has 0 saturated carbocycles. The molecule has 2 aromatic rings. The van der Waals surface area contributed by atoms with Gasteiger partial charge in [0.25, 0.3) is 0 Å². The maximum atomic E-state index is 12.8. The van der Waals surface area contributed by atoms with Crippen molar-refractivity contribution >= 4 is 5.69 Å². The summed E-state index contributed by atoms with van der Waals surface area (Å²) in [6.45, 7) is 3.81. The first kappa shape index (κ1) is 15.4. The van der Waals surface area contributed by atoms with E-state index in [2.05, 4.69) is 5.32 Å². The highest BCUT2D eigenvalue weighted by atomic mass is 19.4. The van der Waals surface area contributed by atoms with Gasteiger partial charge in [0.05, 0.1) is 11.6 Å².